The van der Waals surface area contributed by atoms with E-state index >= 15 is 0 Å². The van der Waals surface area contributed by atoms with Crippen molar-refractivity contribution in [1.82, 2.24) is 0 Å². The van der Waals surface area contributed by atoms with E-state index in [0.29, 0.717) is 12.2 Å². The van der Waals surface area contributed by atoms with Crippen molar-refractivity contribution in [2.45, 2.75) is 29.0 Å². The summed E-state index contributed by atoms with van der Waals surface area (Å²) < 4.78 is 6.39. The number of fused-ring (bicyclic) bond motifs is 2. The lowest BCUT2D eigenvalue weighted by Crippen LogP contribution is -2.25. The summed E-state index contributed by atoms with van der Waals surface area (Å²) in [5, 5.41) is 0. The van der Waals surface area contributed by atoms with Crippen LogP contribution in [0.5, 0.6) is 0 Å². The molecule has 0 aromatic carbocycles. The van der Waals surface area contributed by atoms with Crippen molar-refractivity contribution in [1.29, 1.82) is 0 Å². The standard InChI is InChI=1S/C7H9IO/c8-5-3-6-1-2-7(4-5)9-6/h1-2,5-7H,3-4H2/t5?,6-,7+. The zero-order valence-corrected chi connectivity index (χ0v) is 7.24. The van der Waals surface area contributed by atoms with Crippen molar-refractivity contribution in [3.8, 4) is 0 Å². The molecule has 1 unspecified atom stereocenters. The molecule has 0 radical (unpaired) electrons. The zero-order chi connectivity index (χ0) is 6.27. The molecule has 0 amide bonds. The summed E-state index contributed by atoms with van der Waals surface area (Å²) in [7, 11) is 0. The molecule has 9 heavy (non-hydrogen) atoms. The van der Waals surface area contributed by atoms with Crippen molar-refractivity contribution < 1.29 is 4.74 Å². The van der Waals surface area contributed by atoms with Crippen molar-refractivity contribution in [3.63, 3.8) is 0 Å². The molecular formula is C7H9IO. The molecular weight excluding hydrogens is 227 g/mol. The van der Waals surface area contributed by atoms with Crippen LogP contribution >= 0.6 is 22.6 Å². The summed E-state index contributed by atoms with van der Waals surface area (Å²) >= 11 is 2.51. The fourth-order valence-corrected chi connectivity index (χ4v) is 2.43. The van der Waals surface area contributed by atoms with Crippen LogP contribution in [0.4, 0.5) is 0 Å². The van der Waals surface area contributed by atoms with Gasteiger partial charge in [0.15, 0.2) is 0 Å². The monoisotopic (exact) mass is 236 g/mol. The van der Waals surface area contributed by atoms with Gasteiger partial charge in [-0.1, -0.05) is 34.7 Å². The molecule has 2 heterocycles. The molecule has 1 saturated heterocycles. The maximum Gasteiger partial charge on any atom is 0.0774 e. The van der Waals surface area contributed by atoms with Gasteiger partial charge in [0, 0.05) is 3.92 Å². The highest BCUT2D eigenvalue weighted by atomic mass is 127. The van der Waals surface area contributed by atoms with Crippen LogP contribution in [-0.4, -0.2) is 16.1 Å². The first kappa shape index (κ1) is 6.16. The second-order valence-electron chi connectivity index (χ2n) is 2.67. The molecule has 1 fully saturated rings. The molecule has 3 atom stereocenters. The highest BCUT2D eigenvalue weighted by Crippen LogP contribution is 2.30. The van der Waals surface area contributed by atoms with E-state index in [9.17, 15) is 0 Å². The average Bonchev–Trinajstić information content (AvgIpc) is 2.11. The SMILES string of the molecule is IC1C[C@H]2C=C[C@@H](C1)O2. The Labute approximate surface area is 68.6 Å². The predicted molar refractivity (Wildman–Crippen MR) is 44.8 cm³/mol. The van der Waals surface area contributed by atoms with Crippen LogP contribution < -0.4 is 0 Å². The molecule has 50 valence electrons. The van der Waals surface area contributed by atoms with Crippen molar-refractivity contribution >= 4 is 22.6 Å². The highest BCUT2D eigenvalue weighted by Gasteiger charge is 2.28. The number of alkyl halides is 1. The van der Waals surface area contributed by atoms with Crippen LogP contribution in [-0.2, 0) is 4.74 Å². The van der Waals surface area contributed by atoms with Crippen LogP contribution in [0.15, 0.2) is 12.2 Å². The lowest BCUT2D eigenvalue weighted by molar-refractivity contribution is 0.0257. The van der Waals surface area contributed by atoms with Gasteiger partial charge in [-0.25, -0.2) is 0 Å². The maximum atomic E-state index is 5.55. The molecule has 2 heteroatoms. The van der Waals surface area contributed by atoms with Gasteiger partial charge >= 0.3 is 0 Å². The van der Waals surface area contributed by atoms with Gasteiger partial charge in [-0.15, -0.1) is 0 Å². The smallest absolute Gasteiger partial charge is 0.0774 e. The molecule has 0 aliphatic carbocycles. The van der Waals surface area contributed by atoms with Gasteiger partial charge in [0.25, 0.3) is 0 Å². The number of hydrogen-bond donors (Lipinski definition) is 0. The van der Waals surface area contributed by atoms with E-state index in [1.165, 1.54) is 12.8 Å². The molecule has 0 spiro atoms. The Bertz CT molecular complexity index is 130. The van der Waals surface area contributed by atoms with E-state index in [-0.39, 0.29) is 0 Å². The van der Waals surface area contributed by atoms with Crippen LogP contribution in [0.25, 0.3) is 0 Å². The Morgan fingerprint density at radius 2 is 1.78 bits per heavy atom. The van der Waals surface area contributed by atoms with Crippen LogP contribution in [0, 0.1) is 0 Å². The third-order valence-electron chi connectivity index (χ3n) is 1.87. The van der Waals surface area contributed by atoms with Crippen LogP contribution in [0.1, 0.15) is 12.8 Å². The fraction of sp³-hybridized carbons (Fsp3) is 0.714. The van der Waals surface area contributed by atoms with E-state index in [1.807, 2.05) is 0 Å². The minimum atomic E-state index is 0.450. The molecule has 1 nitrogen and oxygen atoms in total. The lowest BCUT2D eigenvalue weighted by Gasteiger charge is -2.24. The minimum absolute atomic E-state index is 0.450. The lowest BCUT2D eigenvalue weighted by atomic mass is 10.1. The van der Waals surface area contributed by atoms with Gasteiger partial charge in [-0.3, -0.25) is 0 Å². The molecule has 2 rings (SSSR count). The topological polar surface area (TPSA) is 9.23 Å². The molecule has 2 aliphatic heterocycles. The normalized spacial score (nSPS) is 47.9. The van der Waals surface area contributed by atoms with Gasteiger partial charge in [-0.05, 0) is 12.8 Å². The van der Waals surface area contributed by atoms with Gasteiger partial charge < -0.3 is 4.74 Å². The zero-order valence-electron chi connectivity index (χ0n) is 5.09. The number of rotatable bonds is 0. The Hall–Kier alpha value is 0.430. The second-order valence-corrected chi connectivity index (χ2v) is 4.43. The summed E-state index contributed by atoms with van der Waals surface area (Å²) in [6.45, 7) is 0. The summed E-state index contributed by atoms with van der Waals surface area (Å²) in [6.07, 6.45) is 7.73. The molecule has 0 saturated carbocycles. The third kappa shape index (κ3) is 1.15. The summed E-state index contributed by atoms with van der Waals surface area (Å²) in [5.74, 6) is 0. The molecule has 2 bridgehead atoms. The van der Waals surface area contributed by atoms with Crippen molar-refractivity contribution in [2.75, 3.05) is 0 Å². The van der Waals surface area contributed by atoms with Crippen molar-refractivity contribution in [2.24, 2.45) is 0 Å². The summed E-state index contributed by atoms with van der Waals surface area (Å²) in [5.41, 5.74) is 0. The van der Waals surface area contributed by atoms with E-state index in [2.05, 4.69) is 34.7 Å². The molecule has 0 aromatic rings. The van der Waals surface area contributed by atoms with Gasteiger partial charge in [-0.2, -0.15) is 0 Å². The highest BCUT2D eigenvalue weighted by molar-refractivity contribution is 14.1. The minimum Gasteiger partial charge on any atom is -0.367 e. The summed E-state index contributed by atoms with van der Waals surface area (Å²) in [6, 6.07) is 0. The Kier molecular flexibility index (Phi) is 1.53. The number of hydrogen-bond acceptors (Lipinski definition) is 1. The first-order chi connectivity index (χ1) is 4.34. The van der Waals surface area contributed by atoms with E-state index in [0.717, 1.165) is 3.92 Å². The molecule has 0 aromatic heterocycles. The largest absolute Gasteiger partial charge is 0.367 e. The number of ether oxygens (including phenoxy) is 1. The van der Waals surface area contributed by atoms with E-state index < -0.39 is 0 Å². The van der Waals surface area contributed by atoms with Crippen molar-refractivity contribution in [3.05, 3.63) is 12.2 Å². The Balaban J connectivity index is 2.10. The van der Waals surface area contributed by atoms with Crippen LogP contribution in [0.3, 0.4) is 0 Å². The summed E-state index contributed by atoms with van der Waals surface area (Å²) in [4.78, 5) is 0. The fourth-order valence-electron chi connectivity index (χ4n) is 1.43. The third-order valence-corrected chi connectivity index (χ3v) is 2.88. The second kappa shape index (κ2) is 2.23. The Morgan fingerprint density at radius 1 is 1.22 bits per heavy atom. The predicted octanol–water partition coefficient (Wildman–Crippen LogP) is 1.91. The van der Waals surface area contributed by atoms with Gasteiger partial charge in [0.05, 0.1) is 12.2 Å². The van der Waals surface area contributed by atoms with E-state index in [1.54, 1.807) is 0 Å². The maximum absolute atomic E-state index is 5.55. The van der Waals surface area contributed by atoms with Gasteiger partial charge in [0.1, 0.15) is 0 Å². The molecule has 2 aliphatic rings. The molecule has 0 N–H and O–H groups in total. The number of halogens is 1. The van der Waals surface area contributed by atoms with Crippen LogP contribution in [0.2, 0.25) is 0 Å². The van der Waals surface area contributed by atoms with E-state index in [4.69, 9.17) is 4.74 Å². The first-order valence-corrected chi connectivity index (χ1v) is 4.57. The average molecular weight is 236 g/mol. The van der Waals surface area contributed by atoms with Gasteiger partial charge in [0.2, 0.25) is 0 Å². The Morgan fingerprint density at radius 3 is 2.33 bits per heavy atom. The quantitative estimate of drug-likeness (QED) is 0.354. The first-order valence-electron chi connectivity index (χ1n) is 3.32.